The molecule has 0 saturated carbocycles. The molecule has 0 aliphatic heterocycles. The smallest absolute Gasteiger partial charge is 0.262 e. The fourth-order valence-electron chi connectivity index (χ4n) is 2.86. The lowest BCUT2D eigenvalue weighted by molar-refractivity contribution is 0.102. The molecule has 0 unspecified atom stereocenters. The summed E-state index contributed by atoms with van der Waals surface area (Å²) in [6.45, 7) is 0. The van der Waals surface area contributed by atoms with E-state index in [1.165, 1.54) is 15.9 Å². The molecule has 6 nitrogen and oxygen atoms in total. The quantitative estimate of drug-likeness (QED) is 0.588. The number of fused-ring (bicyclic) bond motifs is 1. The highest BCUT2D eigenvalue weighted by atomic mass is 32.1. The zero-order valence-corrected chi connectivity index (χ0v) is 15.2. The van der Waals surface area contributed by atoms with E-state index in [0.717, 1.165) is 0 Å². The highest BCUT2D eigenvalue weighted by molar-refractivity contribution is 7.13. The first-order chi connectivity index (χ1) is 13.2. The van der Waals surface area contributed by atoms with Gasteiger partial charge >= 0.3 is 0 Å². The second-order valence-electron chi connectivity index (χ2n) is 5.75. The largest absolute Gasteiger partial charge is 0.497 e. The van der Waals surface area contributed by atoms with Gasteiger partial charge in [-0.3, -0.25) is 19.5 Å². The van der Waals surface area contributed by atoms with Gasteiger partial charge in [0.05, 0.1) is 12.7 Å². The molecular weight excluding hydrogens is 362 g/mol. The van der Waals surface area contributed by atoms with E-state index >= 15 is 0 Å². The standard InChI is InChI=1S/C20H15N3O3S/c1-26-14-8-6-13(7-9-14)23-12-17(18(24)22-20-21-10-11-27-20)15-4-2-3-5-16(15)19(23)25/h2-12H,1H3,(H,21,22,24). The molecule has 4 rings (SSSR count). The van der Waals surface area contributed by atoms with Crippen LogP contribution >= 0.6 is 11.3 Å². The van der Waals surface area contributed by atoms with Crippen molar-refractivity contribution in [3.8, 4) is 11.4 Å². The molecule has 0 fully saturated rings. The molecular formula is C20H15N3O3S. The molecule has 1 amide bonds. The van der Waals surface area contributed by atoms with Crippen molar-refractivity contribution in [2.45, 2.75) is 0 Å². The van der Waals surface area contributed by atoms with Crippen molar-refractivity contribution in [3.05, 3.63) is 82.2 Å². The molecule has 0 aliphatic carbocycles. The first-order valence-corrected chi connectivity index (χ1v) is 9.05. The summed E-state index contributed by atoms with van der Waals surface area (Å²) < 4.78 is 6.64. The number of carbonyl (C=O) groups excluding carboxylic acids is 1. The van der Waals surface area contributed by atoms with Gasteiger partial charge in [0.25, 0.3) is 11.5 Å². The van der Waals surface area contributed by atoms with Gasteiger partial charge in [-0.15, -0.1) is 11.3 Å². The Morgan fingerprint density at radius 2 is 1.85 bits per heavy atom. The van der Waals surface area contributed by atoms with Gasteiger partial charge in [0.1, 0.15) is 5.75 Å². The Kier molecular flexibility index (Phi) is 4.43. The predicted molar refractivity (Wildman–Crippen MR) is 106 cm³/mol. The fourth-order valence-corrected chi connectivity index (χ4v) is 3.38. The van der Waals surface area contributed by atoms with Crippen molar-refractivity contribution >= 4 is 33.1 Å². The normalized spacial score (nSPS) is 10.7. The molecule has 1 N–H and O–H groups in total. The Labute approximate surface area is 158 Å². The van der Waals surface area contributed by atoms with Crippen molar-refractivity contribution in [2.24, 2.45) is 0 Å². The lowest BCUT2D eigenvalue weighted by Crippen LogP contribution is -2.22. The molecule has 7 heteroatoms. The van der Waals surface area contributed by atoms with Gasteiger partial charge < -0.3 is 4.74 Å². The third-order valence-corrected chi connectivity index (χ3v) is 4.86. The molecule has 134 valence electrons. The number of pyridine rings is 1. The average molecular weight is 377 g/mol. The SMILES string of the molecule is COc1ccc(-n2cc(C(=O)Nc3nccs3)c3ccccc3c2=O)cc1. The summed E-state index contributed by atoms with van der Waals surface area (Å²) in [7, 11) is 1.58. The second kappa shape index (κ2) is 7.05. The Morgan fingerprint density at radius 3 is 2.52 bits per heavy atom. The van der Waals surface area contributed by atoms with Crippen LogP contribution in [0.1, 0.15) is 10.4 Å². The number of amides is 1. The van der Waals surface area contributed by atoms with Gasteiger partial charge in [0, 0.05) is 34.2 Å². The van der Waals surface area contributed by atoms with Gasteiger partial charge in [0.2, 0.25) is 0 Å². The number of thiazole rings is 1. The number of anilines is 1. The number of nitrogens with one attached hydrogen (secondary N) is 1. The van der Waals surface area contributed by atoms with Crippen LogP contribution in [0.5, 0.6) is 5.75 Å². The second-order valence-corrected chi connectivity index (χ2v) is 6.65. The molecule has 4 aromatic rings. The molecule has 0 aliphatic rings. The molecule has 2 aromatic heterocycles. The zero-order chi connectivity index (χ0) is 18.8. The van der Waals surface area contributed by atoms with Crippen molar-refractivity contribution in [1.29, 1.82) is 0 Å². The number of ether oxygens (including phenoxy) is 1. The number of aromatic nitrogens is 2. The van der Waals surface area contributed by atoms with Crippen molar-refractivity contribution < 1.29 is 9.53 Å². The molecule has 0 spiro atoms. The highest BCUT2D eigenvalue weighted by Gasteiger charge is 2.16. The summed E-state index contributed by atoms with van der Waals surface area (Å²) in [5, 5.41) is 6.14. The lowest BCUT2D eigenvalue weighted by atomic mass is 10.1. The van der Waals surface area contributed by atoms with Gasteiger partial charge in [-0.2, -0.15) is 0 Å². The average Bonchev–Trinajstić information content (AvgIpc) is 3.21. The number of nitrogens with zero attached hydrogens (tertiary/aromatic N) is 2. The van der Waals surface area contributed by atoms with Crippen molar-refractivity contribution in [2.75, 3.05) is 12.4 Å². The van der Waals surface area contributed by atoms with Gasteiger partial charge in [-0.1, -0.05) is 18.2 Å². The third kappa shape index (κ3) is 3.20. The molecule has 2 aromatic carbocycles. The zero-order valence-electron chi connectivity index (χ0n) is 14.4. The van der Waals surface area contributed by atoms with E-state index in [1.54, 1.807) is 73.4 Å². The molecule has 0 atom stereocenters. The minimum atomic E-state index is -0.316. The van der Waals surface area contributed by atoms with E-state index in [-0.39, 0.29) is 11.5 Å². The van der Waals surface area contributed by atoms with Crippen LogP contribution in [0.4, 0.5) is 5.13 Å². The van der Waals surface area contributed by atoms with Crippen LogP contribution in [0.3, 0.4) is 0 Å². The third-order valence-electron chi connectivity index (χ3n) is 4.17. The Balaban J connectivity index is 1.88. The minimum absolute atomic E-state index is 0.193. The van der Waals surface area contributed by atoms with Crippen LogP contribution in [0.25, 0.3) is 16.5 Å². The Morgan fingerprint density at radius 1 is 1.11 bits per heavy atom. The predicted octanol–water partition coefficient (Wildman–Crippen LogP) is 3.71. The van der Waals surface area contributed by atoms with Crippen LogP contribution in [0, 0.1) is 0 Å². The molecule has 27 heavy (non-hydrogen) atoms. The molecule has 0 radical (unpaired) electrons. The summed E-state index contributed by atoms with van der Waals surface area (Å²) >= 11 is 1.33. The lowest BCUT2D eigenvalue weighted by Gasteiger charge is -2.12. The summed E-state index contributed by atoms with van der Waals surface area (Å²) in [5.41, 5.74) is 0.854. The van der Waals surface area contributed by atoms with E-state index in [1.807, 2.05) is 0 Å². The minimum Gasteiger partial charge on any atom is -0.497 e. The van der Waals surface area contributed by atoms with Crippen LogP contribution < -0.4 is 15.6 Å². The van der Waals surface area contributed by atoms with E-state index in [9.17, 15) is 9.59 Å². The number of hydrogen-bond acceptors (Lipinski definition) is 5. The summed E-state index contributed by atoms with van der Waals surface area (Å²) in [6.07, 6.45) is 3.19. The summed E-state index contributed by atoms with van der Waals surface area (Å²) in [5.74, 6) is 0.373. The number of rotatable bonds is 4. The van der Waals surface area contributed by atoms with Gasteiger partial charge in [0.15, 0.2) is 5.13 Å². The van der Waals surface area contributed by atoms with E-state index < -0.39 is 0 Å². The van der Waals surface area contributed by atoms with E-state index in [0.29, 0.717) is 32.9 Å². The van der Waals surface area contributed by atoms with Crippen LogP contribution in [0.2, 0.25) is 0 Å². The molecule has 0 bridgehead atoms. The van der Waals surface area contributed by atoms with Crippen molar-refractivity contribution in [3.63, 3.8) is 0 Å². The summed E-state index contributed by atoms with van der Waals surface area (Å²) in [6, 6.07) is 14.2. The van der Waals surface area contributed by atoms with Gasteiger partial charge in [-0.25, -0.2) is 4.98 Å². The molecule has 0 saturated heterocycles. The molecule has 2 heterocycles. The van der Waals surface area contributed by atoms with Gasteiger partial charge in [-0.05, 0) is 30.3 Å². The highest BCUT2D eigenvalue weighted by Crippen LogP contribution is 2.21. The maximum absolute atomic E-state index is 13.0. The number of methoxy groups -OCH3 is 1. The Hall–Kier alpha value is -3.45. The van der Waals surface area contributed by atoms with E-state index in [2.05, 4.69) is 10.3 Å². The van der Waals surface area contributed by atoms with Crippen LogP contribution in [-0.2, 0) is 0 Å². The number of benzene rings is 2. The van der Waals surface area contributed by atoms with Crippen LogP contribution in [-0.4, -0.2) is 22.6 Å². The number of carbonyl (C=O) groups is 1. The topological polar surface area (TPSA) is 73.2 Å². The monoisotopic (exact) mass is 377 g/mol. The Bertz CT molecular complexity index is 1170. The first kappa shape index (κ1) is 17.0. The van der Waals surface area contributed by atoms with Crippen LogP contribution in [0.15, 0.2) is 71.1 Å². The maximum Gasteiger partial charge on any atom is 0.262 e. The fraction of sp³-hybridized carbons (Fsp3) is 0.0500. The van der Waals surface area contributed by atoms with E-state index in [4.69, 9.17) is 4.74 Å². The summed E-state index contributed by atoms with van der Waals surface area (Å²) in [4.78, 5) is 29.9. The maximum atomic E-state index is 13.0. The number of hydrogen-bond donors (Lipinski definition) is 1. The van der Waals surface area contributed by atoms with Crippen molar-refractivity contribution in [1.82, 2.24) is 9.55 Å². The first-order valence-electron chi connectivity index (χ1n) is 8.17.